The molecule has 3 heterocycles. The minimum absolute atomic E-state index is 0.200. The Balaban J connectivity index is 1.54. The van der Waals surface area contributed by atoms with Crippen LogP contribution in [0, 0.1) is 5.92 Å². The highest BCUT2D eigenvalue weighted by atomic mass is 32.2. The molecule has 0 unspecified atom stereocenters. The molecule has 0 atom stereocenters. The Morgan fingerprint density at radius 3 is 2.68 bits per heavy atom. The standard InChI is InChI=1S/C20H34N4O2S2/c1-4-21-19(24-11-13-28(25,26)20(2,3)16-24)22-14-17-7-9-23(10-8-17)15-18-6-5-12-27-18/h5-6,12,17H,4,7-11,13-16H2,1-3H3,(H,21,22). The van der Waals surface area contributed by atoms with Crippen LogP contribution in [0.15, 0.2) is 22.5 Å². The fourth-order valence-electron chi connectivity index (χ4n) is 3.92. The van der Waals surface area contributed by atoms with Crippen molar-refractivity contribution in [3.8, 4) is 0 Å². The lowest BCUT2D eigenvalue weighted by Gasteiger charge is -2.39. The monoisotopic (exact) mass is 426 g/mol. The van der Waals surface area contributed by atoms with Crippen LogP contribution in [-0.4, -0.2) is 73.9 Å². The van der Waals surface area contributed by atoms with E-state index in [1.807, 2.05) is 25.2 Å². The van der Waals surface area contributed by atoms with Crippen molar-refractivity contribution in [3.05, 3.63) is 22.4 Å². The first-order chi connectivity index (χ1) is 13.3. The van der Waals surface area contributed by atoms with Crippen LogP contribution in [0.25, 0.3) is 0 Å². The lowest BCUT2D eigenvalue weighted by atomic mass is 9.97. The summed E-state index contributed by atoms with van der Waals surface area (Å²) >= 11 is 1.83. The van der Waals surface area contributed by atoms with Gasteiger partial charge in [0.15, 0.2) is 15.8 Å². The van der Waals surface area contributed by atoms with Crippen molar-refractivity contribution in [1.29, 1.82) is 0 Å². The predicted octanol–water partition coefficient (Wildman–Crippen LogP) is 2.43. The second-order valence-corrected chi connectivity index (χ2v) is 12.3. The zero-order valence-electron chi connectivity index (χ0n) is 17.4. The minimum atomic E-state index is -3.03. The van der Waals surface area contributed by atoms with E-state index in [2.05, 4.69) is 39.6 Å². The lowest BCUT2D eigenvalue weighted by Crippen LogP contribution is -2.57. The molecule has 1 aromatic rings. The van der Waals surface area contributed by atoms with Crippen LogP contribution >= 0.6 is 11.3 Å². The maximum Gasteiger partial charge on any atom is 0.194 e. The maximum atomic E-state index is 12.3. The molecule has 2 saturated heterocycles. The van der Waals surface area contributed by atoms with Gasteiger partial charge in [0.2, 0.25) is 0 Å². The van der Waals surface area contributed by atoms with E-state index in [0.29, 0.717) is 19.0 Å². The zero-order chi connectivity index (χ0) is 20.2. The highest BCUT2D eigenvalue weighted by Crippen LogP contribution is 2.24. The number of thiophene rings is 1. The first kappa shape index (κ1) is 21.6. The summed E-state index contributed by atoms with van der Waals surface area (Å²) in [6.45, 7) is 11.7. The van der Waals surface area contributed by atoms with Crippen LogP contribution < -0.4 is 5.32 Å². The van der Waals surface area contributed by atoms with Crippen LogP contribution in [0.2, 0.25) is 0 Å². The van der Waals surface area contributed by atoms with Gasteiger partial charge in [0.1, 0.15) is 0 Å². The van der Waals surface area contributed by atoms with Crippen LogP contribution in [0.4, 0.5) is 0 Å². The van der Waals surface area contributed by atoms with E-state index in [1.165, 1.54) is 17.7 Å². The molecule has 0 amide bonds. The molecule has 0 radical (unpaired) electrons. The van der Waals surface area contributed by atoms with Gasteiger partial charge in [-0.25, -0.2) is 8.42 Å². The van der Waals surface area contributed by atoms with Crippen LogP contribution in [-0.2, 0) is 16.4 Å². The van der Waals surface area contributed by atoms with Gasteiger partial charge < -0.3 is 10.2 Å². The van der Waals surface area contributed by atoms with E-state index in [0.717, 1.165) is 38.7 Å². The Morgan fingerprint density at radius 2 is 2.07 bits per heavy atom. The Morgan fingerprint density at radius 1 is 1.32 bits per heavy atom. The van der Waals surface area contributed by atoms with Gasteiger partial charge in [0.25, 0.3) is 0 Å². The smallest absolute Gasteiger partial charge is 0.194 e. The maximum absolute atomic E-state index is 12.3. The number of nitrogens with zero attached hydrogens (tertiary/aromatic N) is 3. The van der Waals surface area contributed by atoms with Crippen molar-refractivity contribution in [2.45, 2.75) is 44.9 Å². The summed E-state index contributed by atoms with van der Waals surface area (Å²) in [5.74, 6) is 1.67. The third-order valence-corrected chi connectivity index (χ3v) is 9.24. The number of likely N-dealkylation sites (tertiary alicyclic amines) is 1. The summed E-state index contributed by atoms with van der Waals surface area (Å²) in [6, 6.07) is 4.33. The van der Waals surface area contributed by atoms with Gasteiger partial charge in [0, 0.05) is 37.6 Å². The number of nitrogens with one attached hydrogen (secondary N) is 1. The summed E-state index contributed by atoms with van der Waals surface area (Å²) < 4.78 is 23.8. The highest BCUT2D eigenvalue weighted by molar-refractivity contribution is 7.92. The van der Waals surface area contributed by atoms with E-state index >= 15 is 0 Å². The van der Waals surface area contributed by atoms with E-state index in [4.69, 9.17) is 4.99 Å². The Labute approximate surface area is 173 Å². The minimum Gasteiger partial charge on any atom is -0.357 e. The van der Waals surface area contributed by atoms with E-state index < -0.39 is 14.6 Å². The van der Waals surface area contributed by atoms with Gasteiger partial charge in [-0.3, -0.25) is 9.89 Å². The Hall–Kier alpha value is -1.12. The van der Waals surface area contributed by atoms with Gasteiger partial charge in [0.05, 0.1) is 10.5 Å². The van der Waals surface area contributed by atoms with Crippen molar-refractivity contribution >= 4 is 27.1 Å². The molecule has 28 heavy (non-hydrogen) atoms. The number of aliphatic imine (C=N–C) groups is 1. The SMILES string of the molecule is CCNC(=NCC1CCN(Cc2cccs2)CC1)N1CCS(=O)(=O)C(C)(C)C1. The van der Waals surface area contributed by atoms with Gasteiger partial charge in [-0.05, 0) is 64.1 Å². The first-order valence-electron chi connectivity index (χ1n) is 10.3. The third kappa shape index (κ3) is 5.27. The lowest BCUT2D eigenvalue weighted by molar-refractivity contribution is 0.181. The second kappa shape index (κ2) is 9.13. The summed E-state index contributed by atoms with van der Waals surface area (Å²) in [7, 11) is -3.03. The Kier molecular flexibility index (Phi) is 7.04. The second-order valence-electron chi connectivity index (χ2n) is 8.49. The number of rotatable bonds is 5. The number of piperidine rings is 1. The quantitative estimate of drug-likeness (QED) is 0.579. The van der Waals surface area contributed by atoms with Crippen LogP contribution in [0.3, 0.4) is 0 Å². The van der Waals surface area contributed by atoms with Crippen molar-refractivity contribution in [1.82, 2.24) is 15.1 Å². The average Bonchev–Trinajstić information content (AvgIpc) is 3.15. The average molecular weight is 427 g/mol. The van der Waals surface area contributed by atoms with E-state index in [-0.39, 0.29) is 5.75 Å². The number of sulfone groups is 1. The third-order valence-electron chi connectivity index (χ3n) is 5.84. The topological polar surface area (TPSA) is 65.0 Å². The van der Waals surface area contributed by atoms with Crippen molar-refractivity contribution in [2.75, 3.05) is 45.0 Å². The molecule has 0 spiro atoms. The normalized spacial score (nSPS) is 23.7. The molecule has 1 aromatic heterocycles. The zero-order valence-corrected chi connectivity index (χ0v) is 19.0. The first-order valence-corrected chi connectivity index (χ1v) is 12.8. The molecule has 0 aliphatic carbocycles. The fourth-order valence-corrected chi connectivity index (χ4v) is 6.03. The van der Waals surface area contributed by atoms with Crippen LogP contribution in [0.5, 0.6) is 0 Å². The van der Waals surface area contributed by atoms with Gasteiger partial charge in [-0.2, -0.15) is 0 Å². The number of hydrogen-bond acceptors (Lipinski definition) is 5. The molecule has 6 nitrogen and oxygen atoms in total. The molecule has 0 saturated carbocycles. The van der Waals surface area contributed by atoms with E-state index in [9.17, 15) is 8.42 Å². The summed E-state index contributed by atoms with van der Waals surface area (Å²) in [6.07, 6.45) is 2.35. The Bertz CT molecular complexity index is 751. The molecule has 0 bridgehead atoms. The van der Waals surface area contributed by atoms with Crippen molar-refractivity contribution in [3.63, 3.8) is 0 Å². The summed E-state index contributed by atoms with van der Waals surface area (Å²) in [5, 5.41) is 5.51. The fraction of sp³-hybridized carbons (Fsp3) is 0.750. The molecular weight excluding hydrogens is 392 g/mol. The largest absolute Gasteiger partial charge is 0.357 e. The van der Waals surface area contributed by atoms with Gasteiger partial charge in [-0.1, -0.05) is 6.07 Å². The van der Waals surface area contributed by atoms with E-state index in [1.54, 1.807) is 0 Å². The van der Waals surface area contributed by atoms with Crippen molar-refractivity contribution in [2.24, 2.45) is 10.9 Å². The molecule has 2 aliphatic rings. The van der Waals surface area contributed by atoms with Gasteiger partial charge >= 0.3 is 0 Å². The number of hydrogen-bond donors (Lipinski definition) is 1. The molecule has 2 aliphatic heterocycles. The molecular formula is C20H34N4O2S2. The predicted molar refractivity (Wildman–Crippen MR) is 118 cm³/mol. The molecule has 2 fully saturated rings. The van der Waals surface area contributed by atoms with Crippen LogP contribution in [0.1, 0.15) is 38.5 Å². The molecule has 1 N–H and O–H groups in total. The number of guanidine groups is 1. The molecule has 158 valence electrons. The highest BCUT2D eigenvalue weighted by Gasteiger charge is 2.41. The molecule has 0 aromatic carbocycles. The molecule has 8 heteroatoms. The molecule has 3 rings (SSSR count). The summed E-state index contributed by atoms with van der Waals surface area (Å²) in [4.78, 5) is 11.0. The summed E-state index contributed by atoms with van der Waals surface area (Å²) in [5.41, 5.74) is 0. The van der Waals surface area contributed by atoms with Gasteiger partial charge in [-0.15, -0.1) is 11.3 Å². The van der Waals surface area contributed by atoms with Crippen molar-refractivity contribution < 1.29 is 8.42 Å².